The second-order valence-corrected chi connectivity index (χ2v) is 7.47. The van der Waals surface area contributed by atoms with Crippen LogP contribution >= 0.6 is 11.8 Å². The molecule has 5 heteroatoms. The summed E-state index contributed by atoms with van der Waals surface area (Å²) in [5.41, 5.74) is 4.08. The van der Waals surface area contributed by atoms with Crippen LogP contribution in [0.4, 0.5) is 0 Å². The Bertz CT molecular complexity index is 1170. The maximum absolute atomic E-state index is 13.2. The molecule has 0 aliphatic heterocycles. The Hall–Kier alpha value is -2.92. The number of aromatic nitrogens is 3. The first-order valence-electron chi connectivity index (χ1n) is 8.75. The van der Waals surface area contributed by atoms with Crippen LogP contribution in [0.25, 0.3) is 16.7 Å². The monoisotopic (exact) mass is 373 g/mol. The van der Waals surface area contributed by atoms with Crippen molar-refractivity contribution in [1.29, 1.82) is 0 Å². The Morgan fingerprint density at radius 3 is 2.59 bits per heavy atom. The van der Waals surface area contributed by atoms with Gasteiger partial charge >= 0.3 is 0 Å². The summed E-state index contributed by atoms with van der Waals surface area (Å²) in [6.07, 6.45) is 1.77. The van der Waals surface area contributed by atoms with Gasteiger partial charge in [-0.2, -0.15) is 0 Å². The fourth-order valence-electron chi connectivity index (χ4n) is 2.95. The summed E-state index contributed by atoms with van der Waals surface area (Å²) in [6.45, 7) is 4.06. The van der Waals surface area contributed by atoms with Gasteiger partial charge in [0.2, 0.25) is 0 Å². The first-order valence-corrected chi connectivity index (χ1v) is 9.73. The van der Waals surface area contributed by atoms with Crippen molar-refractivity contribution >= 4 is 22.7 Å². The van der Waals surface area contributed by atoms with Gasteiger partial charge in [-0.25, -0.2) is 14.5 Å². The maximum atomic E-state index is 13.2. The molecule has 2 heterocycles. The number of hydrogen-bond acceptors (Lipinski definition) is 4. The molecule has 0 unspecified atom stereocenters. The van der Waals surface area contributed by atoms with Crippen LogP contribution in [0.15, 0.2) is 76.8 Å². The second kappa shape index (κ2) is 7.37. The first-order chi connectivity index (χ1) is 13.1. The highest BCUT2D eigenvalue weighted by atomic mass is 32.2. The fraction of sp³-hybridized carbons (Fsp3) is 0.136. The van der Waals surface area contributed by atoms with E-state index in [4.69, 9.17) is 4.98 Å². The number of nitrogens with zero attached hydrogens (tertiary/aromatic N) is 3. The van der Waals surface area contributed by atoms with Gasteiger partial charge in [0.05, 0.1) is 10.9 Å². The van der Waals surface area contributed by atoms with Crippen LogP contribution in [0, 0.1) is 13.8 Å². The lowest BCUT2D eigenvalue weighted by molar-refractivity contribution is 0.794. The molecule has 0 bridgehead atoms. The summed E-state index contributed by atoms with van der Waals surface area (Å²) in [4.78, 5) is 22.4. The van der Waals surface area contributed by atoms with Gasteiger partial charge in [-0.05, 0) is 43.2 Å². The zero-order valence-electron chi connectivity index (χ0n) is 15.2. The minimum absolute atomic E-state index is 0.0938. The molecule has 0 fully saturated rings. The number of fused-ring (bicyclic) bond motifs is 1. The van der Waals surface area contributed by atoms with Crippen molar-refractivity contribution < 1.29 is 0 Å². The number of thioether (sulfide) groups is 1. The molecule has 0 N–H and O–H groups in total. The van der Waals surface area contributed by atoms with Crippen molar-refractivity contribution in [1.82, 2.24) is 14.5 Å². The molecular weight excluding hydrogens is 354 g/mol. The van der Waals surface area contributed by atoms with Gasteiger partial charge < -0.3 is 0 Å². The van der Waals surface area contributed by atoms with Crippen molar-refractivity contribution in [2.24, 2.45) is 0 Å². The quantitative estimate of drug-likeness (QED) is 0.385. The SMILES string of the molecule is Cc1ccc(-n2c(SCc3cccc(C)c3)nc3ccccc3c2=O)nc1. The molecule has 2 aromatic heterocycles. The van der Waals surface area contributed by atoms with Crippen LogP contribution in [0.5, 0.6) is 0 Å². The van der Waals surface area contributed by atoms with Gasteiger partial charge in [0.25, 0.3) is 5.56 Å². The highest BCUT2D eigenvalue weighted by Crippen LogP contribution is 2.24. The minimum Gasteiger partial charge on any atom is -0.268 e. The summed E-state index contributed by atoms with van der Waals surface area (Å²) in [5.74, 6) is 1.33. The van der Waals surface area contributed by atoms with Crippen molar-refractivity contribution in [3.8, 4) is 5.82 Å². The Labute approximate surface area is 161 Å². The second-order valence-electron chi connectivity index (χ2n) is 6.52. The van der Waals surface area contributed by atoms with E-state index >= 15 is 0 Å². The topological polar surface area (TPSA) is 47.8 Å². The molecule has 2 aromatic carbocycles. The number of para-hydroxylation sites is 1. The van der Waals surface area contributed by atoms with Crippen LogP contribution in [-0.2, 0) is 5.75 Å². The summed E-state index contributed by atoms with van der Waals surface area (Å²) >= 11 is 1.55. The van der Waals surface area contributed by atoms with E-state index in [1.54, 1.807) is 22.5 Å². The van der Waals surface area contributed by atoms with Crippen LogP contribution in [0.1, 0.15) is 16.7 Å². The fourth-order valence-corrected chi connectivity index (χ4v) is 3.90. The lowest BCUT2D eigenvalue weighted by atomic mass is 10.2. The van der Waals surface area contributed by atoms with Gasteiger partial charge in [-0.15, -0.1) is 0 Å². The molecule has 4 nitrogen and oxygen atoms in total. The van der Waals surface area contributed by atoms with Crippen LogP contribution in [-0.4, -0.2) is 14.5 Å². The summed E-state index contributed by atoms with van der Waals surface area (Å²) in [7, 11) is 0. The lowest BCUT2D eigenvalue weighted by Crippen LogP contribution is -2.22. The molecule has 27 heavy (non-hydrogen) atoms. The smallest absolute Gasteiger partial charge is 0.267 e. The van der Waals surface area contributed by atoms with E-state index in [2.05, 4.69) is 30.1 Å². The van der Waals surface area contributed by atoms with E-state index in [-0.39, 0.29) is 5.56 Å². The van der Waals surface area contributed by atoms with Crippen LogP contribution in [0.3, 0.4) is 0 Å². The number of benzene rings is 2. The van der Waals surface area contributed by atoms with Gasteiger partial charge in [0.1, 0.15) is 5.82 Å². The summed E-state index contributed by atoms with van der Waals surface area (Å²) < 4.78 is 1.61. The number of pyridine rings is 1. The number of hydrogen-bond donors (Lipinski definition) is 0. The van der Waals surface area contributed by atoms with Crippen LogP contribution in [0.2, 0.25) is 0 Å². The predicted octanol–water partition coefficient (Wildman–Crippen LogP) is 4.69. The van der Waals surface area contributed by atoms with E-state index in [1.807, 2.05) is 49.4 Å². The molecule has 4 aromatic rings. The maximum Gasteiger partial charge on any atom is 0.267 e. The standard InChI is InChI=1S/C22H19N3OS/c1-15-6-5-7-17(12-15)14-27-22-24-19-9-4-3-8-18(19)21(26)25(22)20-11-10-16(2)13-23-20/h3-13H,14H2,1-2H3. The first kappa shape index (κ1) is 17.5. The Morgan fingerprint density at radius 1 is 0.963 bits per heavy atom. The van der Waals surface area contributed by atoms with Crippen molar-refractivity contribution in [2.45, 2.75) is 24.8 Å². The summed E-state index contributed by atoms with van der Waals surface area (Å²) in [6, 6.07) is 19.6. The Kier molecular flexibility index (Phi) is 4.77. The lowest BCUT2D eigenvalue weighted by Gasteiger charge is -2.12. The van der Waals surface area contributed by atoms with E-state index in [1.165, 1.54) is 11.1 Å². The largest absolute Gasteiger partial charge is 0.268 e. The molecule has 0 radical (unpaired) electrons. The van der Waals surface area contributed by atoms with Crippen LogP contribution < -0.4 is 5.56 Å². The molecule has 0 saturated carbocycles. The molecular formula is C22H19N3OS. The molecule has 0 atom stereocenters. The Balaban J connectivity index is 1.83. The average molecular weight is 373 g/mol. The van der Waals surface area contributed by atoms with Crippen molar-refractivity contribution in [2.75, 3.05) is 0 Å². The van der Waals surface area contributed by atoms with Gasteiger partial charge in [0, 0.05) is 11.9 Å². The molecule has 0 aliphatic rings. The Morgan fingerprint density at radius 2 is 1.81 bits per heavy atom. The average Bonchev–Trinajstić information content (AvgIpc) is 2.68. The van der Waals surface area contributed by atoms with E-state index in [9.17, 15) is 4.79 Å². The molecule has 0 saturated heterocycles. The molecule has 134 valence electrons. The highest BCUT2D eigenvalue weighted by molar-refractivity contribution is 7.98. The molecule has 0 amide bonds. The molecule has 0 spiro atoms. The third kappa shape index (κ3) is 3.64. The van der Waals surface area contributed by atoms with Gasteiger partial charge in [-0.1, -0.05) is 59.8 Å². The normalized spacial score (nSPS) is 11.0. The third-order valence-corrected chi connectivity index (χ3v) is 5.33. The zero-order valence-corrected chi connectivity index (χ0v) is 16.0. The van der Waals surface area contributed by atoms with Gasteiger partial charge in [0.15, 0.2) is 5.16 Å². The van der Waals surface area contributed by atoms with E-state index < -0.39 is 0 Å². The van der Waals surface area contributed by atoms with E-state index in [0.717, 1.165) is 11.3 Å². The highest BCUT2D eigenvalue weighted by Gasteiger charge is 2.14. The zero-order chi connectivity index (χ0) is 18.8. The predicted molar refractivity (Wildman–Crippen MR) is 111 cm³/mol. The van der Waals surface area contributed by atoms with Crippen molar-refractivity contribution in [3.05, 3.63) is 93.9 Å². The molecule has 0 aliphatic carbocycles. The third-order valence-electron chi connectivity index (χ3n) is 4.32. The van der Waals surface area contributed by atoms with Crippen molar-refractivity contribution in [3.63, 3.8) is 0 Å². The van der Waals surface area contributed by atoms with Gasteiger partial charge in [-0.3, -0.25) is 4.79 Å². The summed E-state index contributed by atoms with van der Waals surface area (Å²) in [5, 5.41) is 1.25. The minimum atomic E-state index is -0.0938. The van der Waals surface area contributed by atoms with E-state index in [0.29, 0.717) is 21.9 Å². The number of aryl methyl sites for hydroxylation is 2. The number of rotatable bonds is 4. The molecule has 4 rings (SSSR count).